The Labute approximate surface area is 158 Å². The standard InChI is InChI=1S/C21H21N5O/c1-2-22-25(20-16-10-5-11-17-20)26(24-19-14-8-4-9-15-19)21(27)23-18-12-6-3-7-13-18/h2-17,24H,1H3,(H,23,27)/b22-2+. The molecule has 6 nitrogen and oxygen atoms in total. The van der Waals surface area contributed by atoms with Crippen LogP contribution in [-0.4, -0.2) is 17.4 Å². The molecule has 6 heteroatoms. The second-order valence-corrected chi connectivity index (χ2v) is 5.58. The van der Waals surface area contributed by atoms with E-state index in [1.165, 1.54) is 10.2 Å². The van der Waals surface area contributed by atoms with Crippen molar-refractivity contribution >= 4 is 29.3 Å². The van der Waals surface area contributed by atoms with Crippen LogP contribution in [0.3, 0.4) is 0 Å². The van der Waals surface area contributed by atoms with E-state index in [0.29, 0.717) is 5.69 Å². The van der Waals surface area contributed by atoms with Gasteiger partial charge in [-0.2, -0.15) is 5.10 Å². The largest absolute Gasteiger partial charge is 0.362 e. The normalized spacial score (nSPS) is 10.4. The molecule has 2 amide bonds. The molecule has 3 rings (SSSR count). The number of nitrogens with zero attached hydrogens (tertiary/aromatic N) is 3. The first-order valence-corrected chi connectivity index (χ1v) is 8.59. The maximum atomic E-state index is 13.0. The molecule has 0 heterocycles. The lowest BCUT2D eigenvalue weighted by molar-refractivity contribution is 0.217. The van der Waals surface area contributed by atoms with Gasteiger partial charge in [0.15, 0.2) is 0 Å². The number of hydrazone groups is 1. The molecule has 0 aliphatic heterocycles. The summed E-state index contributed by atoms with van der Waals surface area (Å²) < 4.78 is 0. The van der Waals surface area contributed by atoms with Gasteiger partial charge in [0.05, 0.1) is 11.4 Å². The Kier molecular flexibility index (Phi) is 6.04. The van der Waals surface area contributed by atoms with Crippen LogP contribution in [0.4, 0.5) is 21.9 Å². The summed E-state index contributed by atoms with van der Waals surface area (Å²) in [6.45, 7) is 1.80. The van der Waals surface area contributed by atoms with Crippen molar-refractivity contribution in [3.05, 3.63) is 91.0 Å². The molecule has 0 atom stereocenters. The van der Waals surface area contributed by atoms with Crippen LogP contribution in [0.15, 0.2) is 96.1 Å². The van der Waals surface area contributed by atoms with Crippen molar-refractivity contribution < 1.29 is 4.79 Å². The molecular formula is C21H21N5O. The van der Waals surface area contributed by atoms with E-state index in [-0.39, 0.29) is 6.03 Å². The Bertz CT molecular complexity index is 869. The maximum Gasteiger partial charge on any atom is 0.362 e. The number of amides is 2. The summed E-state index contributed by atoms with van der Waals surface area (Å²) in [5.74, 6) is 0. The molecule has 0 saturated carbocycles. The molecule has 3 aromatic carbocycles. The van der Waals surface area contributed by atoms with E-state index < -0.39 is 0 Å². The number of hydrazine groups is 2. The van der Waals surface area contributed by atoms with Gasteiger partial charge in [-0.1, -0.05) is 54.6 Å². The molecule has 2 N–H and O–H groups in total. The van der Waals surface area contributed by atoms with Crippen LogP contribution in [0, 0.1) is 0 Å². The van der Waals surface area contributed by atoms with Crippen molar-refractivity contribution in [1.82, 2.24) is 5.12 Å². The lowest BCUT2D eigenvalue weighted by Gasteiger charge is -2.32. The molecule has 0 fully saturated rings. The smallest absolute Gasteiger partial charge is 0.305 e. The number of urea groups is 1. The highest BCUT2D eigenvalue weighted by Gasteiger charge is 2.22. The van der Waals surface area contributed by atoms with E-state index >= 15 is 0 Å². The minimum absolute atomic E-state index is 0.375. The summed E-state index contributed by atoms with van der Waals surface area (Å²) in [7, 11) is 0. The summed E-state index contributed by atoms with van der Waals surface area (Å²) in [6.07, 6.45) is 1.63. The van der Waals surface area contributed by atoms with Gasteiger partial charge >= 0.3 is 6.03 Å². The van der Waals surface area contributed by atoms with Crippen LogP contribution in [0.2, 0.25) is 0 Å². The van der Waals surface area contributed by atoms with Crippen LogP contribution >= 0.6 is 0 Å². The summed E-state index contributed by atoms with van der Waals surface area (Å²) >= 11 is 0. The summed E-state index contributed by atoms with van der Waals surface area (Å²) in [4.78, 5) is 13.0. The molecule has 0 spiro atoms. The molecule has 0 radical (unpaired) electrons. The predicted octanol–water partition coefficient (Wildman–Crippen LogP) is 4.97. The lowest BCUT2D eigenvalue weighted by atomic mass is 10.3. The number of benzene rings is 3. The fourth-order valence-electron chi connectivity index (χ4n) is 2.42. The summed E-state index contributed by atoms with van der Waals surface area (Å²) in [5.41, 5.74) is 5.30. The average Bonchev–Trinajstić information content (AvgIpc) is 2.73. The third-order valence-corrected chi connectivity index (χ3v) is 3.63. The van der Waals surface area contributed by atoms with Crippen molar-refractivity contribution in [2.24, 2.45) is 5.10 Å². The van der Waals surface area contributed by atoms with Crippen molar-refractivity contribution in [3.8, 4) is 0 Å². The van der Waals surface area contributed by atoms with E-state index in [0.717, 1.165) is 11.4 Å². The van der Waals surface area contributed by atoms with E-state index in [4.69, 9.17) is 0 Å². The van der Waals surface area contributed by atoms with Crippen molar-refractivity contribution in [2.45, 2.75) is 6.92 Å². The topological polar surface area (TPSA) is 60.0 Å². The predicted molar refractivity (Wildman–Crippen MR) is 110 cm³/mol. The van der Waals surface area contributed by atoms with Gasteiger partial charge in [-0.15, -0.1) is 10.2 Å². The molecular weight excluding hydrogens is 338 g/mol. The molecule has 0 unspecified atom stereocenters. The molecule has 3 aromatic rings. The highest BCUT2D eigenvalue weighted by Crippen LogP contribution is 2.19. The fraction of sp³-hybridized carbons (Fsp3) is 0.0476. The Balaban J connectivity index is 1.93. The van der Waals surface area contributed by atoms with Gasteiger partial charge < -0.3 is 5.32 Å². The van der Waals surface area contributed by atoms with Gasteiger partial charge in [-0.3, -0.25) is 5.43 Å². The van der Waals surface area contributed by atoms with Crippen molar-refractivity contribution in [2.75, 3.05) is 15.9 Å². The lowest BCUT2D eigenvalue weighted by Crippen LogP contribution is -2.49. The molecule has 0 saturated heterocycles. The molecule has 0 aliphatic rings. The average molecular weight is 359 g/mol. The first-order valence-electron chi connectivity index (χ1n) is 8.59. The number of carbonyl (C=O) groups is 1. The van der Waals surface area contributed by atoms with E-state index in [9.17, 15) is 4.79 Å². The summed E-state index contributed by atoms with van der Waals surface area (Å²) in [6, 6.07) is 27.8. The molecule has 0 aliphatic carbocycles. The van der Waals surface area contributed by atoms with Crippen LogP contribution < -0.4 is 15.9 Å². The van der Waals surface area contributed by atoms with E-state index in [1.807, 2.05) is 91.0 Å². The Morgan fingerprint density at radius 2 is 1.33 bits per heavy atom. The number of carbonyl (C=O) groups excluding carboxylic acids is 1. The van der Waals surface area contributed by atoms with Crippen LogP contribution in [0.25, 0.3) is 0 Å². The molecule has 0 bridgehead atoms. The van der Waals surface area contributed by atoms with Gasteiger partial charge in [-0.25, -0.2) is 4.79 Å². The van der Waals surface area contributed by atoms with Crippen molar-refractivity contribution in [1.29, 1.82) is 0 Å². The molecule has 27 heavy (non-hydrogen) atoms. The summed E-state index contributed by atoms with van der Waals surface area (Å²) in [5, 5.41) is 10.1. The number of hydrogen-bond donors (Lipinski definition) is 2. The fourth-order valence-corrected chi connectivity index (χ4v) is 2.42. The third-order valence-electron chi connectivity index (χ3n) is 3.63. The van der Waals surface area contributed by atoms with Gasteiger partial charge in [0, 0.05) is 11.9 Å². The number of rotatable bonds is 6. The monoisotopic (exact) mass is 359 g/mol. The molecule has 0 aromatic heterocycles. The van der Waals surface area contributed by atoms with Gasteiger partial charge in [0.2, 0.25) is 0 Å². The van der Waals surface area contributed by atoms with Gasteiger partial charge in [-0.05, 0) is 43.3 Å². The SMILES string of the molecule is C/C=N/N(c1ccccc1)N(Nc1ccccc1)C(=O)Nc1ccccc1. The second kappa shape index (κ2) is 9.05. The third kappa shape index (κ3) is 4.85. The van der Waals surface area contributed by atoms with Crippen molar-refractivity contribution in [3.63, 3.8) is 0 Å². The number of nitrogens with one attached hydrogen (secondary N) is 2. The quantitative estimate of drug-likeness (QED) is 0.482. The van der Waals surface area contributed by atoms with Gasteiger partial charge in [0.1, 0.15) is 0 Å². The molecule has 136 valence electrons. The number of para-hydroxylation sites is 3. The number of anilines is 3. The Morgan fingerprint density at radius 1 is 0.815 bits per heavy atom. The number of hydrogen-bond acceptors (Lipinski definition) is 4. The minimum Gasteiger partial charge on any atom is -0.305 e. The van der Waals surface area contributed by atoms with Crippen LogP contribution in [0.5, 0.6) is 0 Å². The van der Waals surface area contributed by atoms with Crippen LogP contribution in [-0.2, 0) is 0 Å². The second-order valence-electron chi connectivity index (χ2n) is 5.58. The highest BCUT2D eigenvalue weighted by molar-refractivity contribution is 5.91. The van der Waals surface area contributed by atoms with E-state index in [2.05, 4.69) is 15.8 Å². The minimum atomic E-state index is -0.375. The zero-order chi connectivity index (χ0) is 18.9. The zero-order valence-electron chi connectivity index (χ0n) is 15.0. The maximum absolute atomic E-state index is 13.0. The van der Waals surface area contributed by atoms with Gasteiger partial charge in [0.25, 0.3) is 0 Å². The van der Waals surface area contributed by atoms with E-state index in [1.54, 1.807) is 13.1 Å². The first-order chi connectivity index (χ1) is 13.3. The first kappa shape index (κ1) is 18.0. The zero-order valence-corrected chi connectivity index (χ0v) is 15.0. The Hall–Kier alpha value is -3.80. The highest BCUT2D eigenvalue weighted by atomic mass is 16.2. The Morgan fingerprint density at radius 3 is 1.89 bits per heavy atom. The van der Waals surface area contributed by atoms with Crippen LogP contribution in [0.1, 0.15) is 6.92 Å².